The number of carbonyl (C=O) groups is 1. The fraction of sp³-hybridized carbons (Fsp3) is 0.0476. The molecule has 0 fully saturated rings. The lowest BCUT2D eigenvalue weighted by atomic mass is 10.2. The van der Waals surface area contributed by atoms with Crippen LogP contribution in [0.4, 0.5) is 11.4 Å². The van der Waals surface area contributed by atoms with Gasteiger partial charge < -0.3 is 10.4 Å². The van der Waals surface area contributed by atoms with Crippen molar-refractivity contribution in [3.63, 3.8) is 0 Å². The summed E-state index contributed by atoms with van der Waals surface area (Å²) in [5, 5.41) is 12.6. The smallest absolute Gasteiger partial charge is 0.234 e. The second-order valence-corrected chi connectivity index (χ2v) is 7.62. The van der Waals surface area contributed by atoms with Crippen molar-refractivity contribution in [2.75, 3.05) is 11.1 Å². The molecular weight excluding hydrogens is 424 g/mol. The van der Waals surface area contributed by atoms with Gasteiger partial charge in [-0.2, -0.15) is 0 Å². The summed E-state index contributed by atoms with van der Waals surface area (Å²) >= 11 is 4.83. The van der Waals surface area contributed by atoms with Crippen molar-refractivity contribution in [3.05, 3.63) is 82.8 Å². The molecule has 1 amide bonds. The Morgan fingerprint density at radius 3 is 2.44 bits per heavy atom. The van der Waals surface area contributed by atoms with E-state index in [1.54, 1.807) is 24.4 Å². The Hall–Kier alpha value is -2.57. The van der Waals surface area contributed by atoms with Crippen molar-refractivity contribution in [2.45, 2.75) is 4.90 Å². The van der Waals surface area contributed by atoms with Gasteiger partial charge in [0.1, 0.15) is 5.75 Å². The third-order valence-electron chi connectivity index (χ3n) is 3.62. The van der Waals surface area contributed by atoms with E-state index in [1.165, 1.54) is 11.8 Å². The van der Waals surface area contributed by atoms with Crippen LogP contribution in [0.15, 0.2) is 87.2 Å². The highest BCUT2D eigenvalue weighted by Gasteiger charge is 2.04. The number of benzene rings is 3. The molecule has 3 rings (SSSR count). The first-order valence-electron chi connectivity index (χ1n) is 8.20. The molecular formula is C21H17BrN2O2S. The number of hydrogen-bond donors (Lipinski definition) is 2. The summed E-state index contributed by atoms with van der Waals surface area (Å²) in [6.07, 6.45) is 1.63. The number of para-hydroxylation sites is 1. The maximum Gasteiger partial charge on any atom is 0.234 e. The molecule has 136 valence electrons. The summed E-state index contributed by atoms with van der Waals surface area (Å²) in [7, 11) is 0. The summed E-state index contributed by atoms with van der Waals surface area (Å²) < 4.78 is 0.972. The summed E-state index contributed by atoms with van der Waals surface area (Å²) in [4.78, 5) is 17.4. The number of phenols is 1. The molecule has 0 atom stereocenters. The Morgan fingerprint density at radius 1 is 1.04 bits per heavy atom. The minimum absolute atomic E-state index is 0.0519. The molecule has 0 unspecified atom stereocenters. The molecule has 6 heteroatoms. The lowest BCUT2D eigenvalue weighted by Gasteiger charge is -2.05. The molecule has 3 aromatic carbocycles. The van der Waals surface area contributed by atoms with Crippen LogP contribution in [0.3, 0.4) is 0 Å². The van der Waals surface area contributed by atoms with Crippen molar-refractivity contribution >= 4 is 51.2 Å². The number of rotatable bonds is 6. The van der Waals surface area contributed by atoms with E-state index >= 15 is 0 Å². The van der Waals surface area contributed by atoms with E-state index in [9.17, 15) is 9.90 Å². The van der Waals surface area contributed by atoms with E-state index in [2.05, 4.69) is 26.2 Å². The van der Waals surface area contributed by atoms with E-state index < -0.39 is 0 Å². The molecule has 0 saturated carbocycles. The van der Waals surface area contributed by atoms with E-state index in [0.29, 0.717) is 11.3 Å². The summed E-state index contributed by atoms with van der Waals surface area (Å²) in [6.45, 7) is 0. The molecule has 0 aliphatic rings. The highest BCUT2D eigenvalue weighted by Crippen LogP contribution is 2.23. The van der Waals surface area contributed by atoms with Crippen molar-refractivity contribution in [3.8, 4) is 5.75 Å². The maximum atomic E-state index is 12.0. The van der Waals surface area contributed by atoms with Crippen LogP contribution in [0.5, 0.6) is 5.75 Å². The van der Waals surface area contributed by atoms with Gasteiger partial charge in [-0.1, -0.05) is 28.1 Å². The topological polar surface area (TPSA) is 61.7 Å². The first-order chi connectivity index (χ1) is 13.1. The third kappa shape index (κ3) is 5.98. The van der Waals surface area contributed by atoms with Gasteiger partial charge in [0.2, 0.25) is 5.91 Å². The number of phenolic OH excluding ortho intramolecular Hbond substituents is 1. The van der Waals surface area contributed by atoms with Crippen LogP contribution in [0.2, 0.25) is 0 Å². The van der Waals surface area contributed by atoms with Gasteiger partial charge in [-0.25, -0.2) is 0 Å². The summed E-state index contributed by atoms with van der Waals surface area (Å²) in [5.41, 5.74) is 2.22. The lowest BCUT2D eigenvalue weighted by Crippen LogP contribution is -2.13. The van der Waals surface area contributed by atoms with Gasteiger partial charge in [0, 0.05) is 26.8 Å². The average molecular weight is 441 g/mol. The lowest BCUT2D eigenvalue weighted by molar-refractivity contribution is -0.113. The van der Waals surface area contributed by atoms with Gasteiger partial charge >= 0.3 is 0 Å². The van der Waals surface area contributed by atoms with Crippen LogP contribution in [-0.2, 0) is 4.79 Å². The molecule has 0 saturated heterocycles. The van der Waals surface area contributed by atoms with Crippen LogP contribution in [0.25, 0.3) is 0 Å². The van der Waals surface area contributed by atoms with E-state index in [4.69, 9.17) is 0 Å². The number of nitrogens with one attached hydrogen (secondary N) is 1. The average Bonchev–Trinajstić information content (AvgIpc) is 2.68. The van der Waals surface area contributed by atoms with Crippen LogP contribution < -0.4 is 5.32 Å². The first-order valence-corrected chi connectivity index (χ1v) is 9.98. The third-order valence-corrected chi connectivity index (χ3v) is 5.16. The fourth-order valence-electron chi connectivity index (χ4n) is 2.25. The van der Waals surface area contributed by atoms with Crippen LogP contribution >= 0.6 is 27.7 Å². The number of halogens is 1. The molecule has 0 bridgehead atoms. The number of nitrogens with zero attached hydrogens (tertiary/aromatic N) is 1. The van der Waals surface area contributed by atoms with Crippen molar-refractivity contribution in [1.82, 2.24) is 0 Å². The van der Waals surface area contributed by atoms with Gasteiger partial charge in [-0.3, -0.25) is 9.79 Å². The fourth-order valence-corrected chi connectivity index (χ4v) is 3.21. The van der Waals surface area contributed by atoms with Gasteiger partial charge in [0.15, 0.2) is 0 Å². The quantitative estimate of drug-likeness (QED) is 0.385. The zero-order chi connectivity index (χ0) is 19.1. The molecule has 0 aromatic heterocycles. The number of aliphatic imine (C=N–C) groups is 1. The highest BCUT2D eigenvalue weighted by molar-refractivity contribution is 9.10. The monoisotopic (exact) mass is 440 g/mol. The number of carbonyl (C=O) groups excluding carboxylic acids is 1. The predicted molar refractivity (Wildman–Crippen MR) is 115 cm³/mol. The second-order valence-electron chi connectivity index (χ2n) is 5.65. The SMILES string of the molecule is O=C(CSc1ccc(N=Cc2ccccc2O)cc1)Nc1ccc(Br)cc1. The van der Waals surface area contributed by atoms with Crippen molar-refractivity contribution in [2.24, 2.45) is 4.99 Å². The van der Waals surface area contributed by atoms with Crippen LogP contribution in [-0.4, -0.2) is 23.0 Å². The Bertz CT molecular complexity index is 941. The minimum Gasteiger partial charge on any atom is -0.507 e. The maximum absolute atomic E-state index is 12.0. The molecule has 0 aliphatic heterocycles. The molecule has 27 heavy (non-hydrogen) atoms. The Morgan fingerprint density at radius 2 is 1.74 bits per heavy atom. The zero-order valence-corrected chi connectivity index (χ0v) is 16.7. The standard InChI is InChI=1S/C21H17BrN2O2S/c22-16-5-7-18(8-6-16)24-21(26)14-27-19-11-9-17(10-12-19)23-13-15-3-1-2-4-20(15)25/h1-13,25H,14H2,(H,24,26). The first kappa shape index (κ1) is 19.2. The molecule has 0 spiro atoms. The van der Waals surface area contributed by atoms with Crippen LogP contribution in [0.1, 0.15) is 5.56 Å². The molecule has 0 aliphatic carbocycles. The van der Waals surface area contributed by atoms with Gasteiger partial charge in [0.25, 0.3) is 0 Å². The largest absolute Gasteiger partial charge is 0.507 e. The van der Waals surface area contributed by atoms with Crippen molar-refractivity contribution < 1.29 is 9.90 Å². The van der Waals surface area contributed by atoms with E-state index in [1.807, 2.05) is 54.6 Å². The van der Waals surface area contributed by atoms with Gasteiger partial charge in [-0.15, -0.1) is 11.8 Å². The number of aromatic hydroxyl groups is 1. The normalized spacial score (nSPS) is 10.9. The Balaban J connectivity index is 1.52. The van der Waals surface area contributed by atoms with Gasteiger partial charge in [0.05, 0.1) is 11.4 Å². The van der Waals surface area contributed by atoms with Crippen molar-refractivity contribution in [1.29, 1.82) is 0 Å². The molecule has 0 radical (unpaired) electrons. The summed E-state index contributed by atoms with van der Waals surface area (Å²) in [6, 6.07) is 22.1. The number of anilines is 1. The Kier molecular flexibility index (Phi) is 6.68. The molecule has 2 N–H and O–H groups in total. The number of hydrogen-bond acceptors (Lipinski definition) is 4. The van der Waals surface area contributed by atoms with E-state index in [0.717, 1.165) is 20.7 Å². The van der Waals surface area contributed by atoms with E-state index in [-0.39, 0.29) is 11.7 Å². The predicted octanol–water partition coefficient (Wildman–Crippen LogP) is 5.64. The number of amides is 1. The number of thioether (sulfide) groups is 1. The van der Waals surface area contributed by atoms with Crippen LogP contribution in [0, 0.1) is 0 Å². The molecule has 0 heterocycles. The highest BCUT2D eigenvalue weighted by atomic mass is 79.9. The second kappa shape index (κ2) is 9.39. The zero-order valence-electron chi connectivity index (χ0n) is 14.3. The molecule has 4 nitrogen and oxygen atoms in total. The molecule has 3 aromatic rings. The minimum atomic E-state index is -0.0519. The van der Waals surface area contributed by atoms with Gasteiger partial charge in [-0.05, 0) is 60.7 Å². The summed E-state index contributed by atoms with van der Waals surface area (Å²) in [5.74, 6) is 0.477. The Labute approximate surface area is 170 Å².